The Morgan fingerprint density at radius 3 is 2.26 bits per heavy atom. The molecule has 1 aliphatic rings. The van der Waals surface area contributed by atoms with E-state index < -0.39 is 4.92 Å². The zero-order valence-corrected chi connectivity index (χ0v) is 17.4. The number of carbonyl (C=O) groups excluding carboxylic acids is 1. The van der Waals surface area contributed by atoms with E-state index in [-0.39, 0.29) is 17.5 Å². The number of amides is 1. The lowest BCUT2D eigenvalue weighted by atomic mass is 9.96. The Kier molecular flexibility index (Phi) is 5.61. The highest BCUT2D eigenvalue weighted by molar-refractivity contribution is 5.92. The van der Waals surface area contributed by atoms with Crippen LogP contribution in [0, 0.1) is 29.9 Å². The standard InChI is InChI=1S/C21H23N7O3/c1-14-13-15(2)27(25-14)20-8-7-19(23-24-20)26-11-9-16(10-12-26)21(29)22-17-3-5-18(6-4-17)28(30)31/h3-8,13,16H,9-12H2,1-2H3,(H,22,29). The van der Waals surface area contributed by atoms with Crippen molar-refractivity contribution in [3.8, 4) is 5.82 Å². The lowest BCUT2D eigenvalue weighted by Gasteiger charge is -2.31. The number of carbonyl (C=O) groups is 1. The first-order valence-corrected chi connectivity index (χ1v) is 10.1. The van der Waals surface area contributed by atoms with Crippen molar-refractivity contribution in [2.75, 3.05) is 23.3 Å². The van der Waals surface area contributed by atoms with Gasteiger partial charge in [-0.3, -0.25) is 14.9 Å². The number of aromatic nitrogens is 4. The van der Waals surface area contributed by atoms with Crippen molar-refractivity contribution < 1.29 is 9.72 Å². The molecule has 0 bridgehead atoms. The second-order valence-corrected chi connectivity index (χ2v) is 7.64. The van der Waals surface area contributed by atoms with E-state index in [9.17, 15) is 14.9 Å². The van der Waals surface area contributed by atoms with Crippen LogP contribution in [0.15, 0.2) is 42.5 Å². The van der Waals surface area contributed by atoms with E-state index in [4.69, 9.17) is 0 Å². The van der Waals surface area contributed by atoms with Crippen LogP contribution in [0.3, 0.4) is 0 Å². The number of benzene rings is 1. The molecule has 1 aromatic carbocycles. The largest absolute Gasteiger partial charge is 0.355 e. The van der Waals surface area contributed by atoms with E-state index in [1.807, 2.05) is 32.0 Å². The van der Waals surface area contributed by atoms with Gasteiger partial charge in [-0.05, 0) is 57.0 Å². The zero-order chi connectivity index (χ0) is 22.0. The minimum Gasteiger partial charge on any atom is -0.355 e. The van der Waals surface area contributed by atoms with Gasteiger partial charge in [0.1, 0.15) is 0 Å². The van der Waals surface area contributed by atoms with Gasteiger partial charge in [0.05, 0.1) is 10.6 Å². The van der Waals surface area contributed by atoms with E-state index in [0.29, 0.717) is 37.4 Å². The van der Waals surface area contributed by atoms with Crippen LogP contribution in [0.1, 0.15) is 24.2 Å². The first-order valence-electron chi connectivity index (χ1n) is 10.1. The van der Waals surface area contributed by atoms with Crippen molar-refractivity contribution in [2.24, 2.45) is 5.92 Å². The summed E-state index contributed by atoms with van der Waals surface area (Å²) in [7, 11) is 0. The van der Waals surface area contributed by atoms with Gasteiger partial charge < -0.3 is 10.2 Å². The number of hydrogen-bond acceptors (Lipinski definition) is 7. The molecule has 1 N–H and O–H groups in total. The summed E-state index contributed by atoms with van der Waals surface area (Å²) in [5.41, 5.74) is 2.48. The molecule has 31 heavy (non-hydrogen) atoms. The van der Waals surface area contributed by atoms with Crippen LogP contribution >= 0.6 is 0 Å². The predicted octanol–water partition coefficient (Wildman–Crippen LogP) is 3.04. The number of hydrogen-bond donors (Lipinski definition) is 1. The van der Waals surface area contributed by atoms with Gasteiger partial charge in [0.25, 0.3) is 5.69 Å². The minimum atomic E-state index is -0.464. The number of nitro groups is 1. The summed E-state index contributed by atoms with van der Waals surface area (Å²) < 4.78 is 1.76. The molecule has 1 fully saturated rings. The quantitative estimate of drug-likeness (QED) is 0.497. The molecular formula is C21H23N7O3. The van der Waals surface area contributed by atoms with Crippen LogP contribution in [0.5, 0.6) is 0 Å². The molecule has 0 saturated carbocycles. The van der Waals surface area contributed by atoms with Crippen LogP contribution in [0.25, 0.3) is 5.82 Å². The van der Waals surface area contributed by atoms with Crippen LogP contribution in [0.2, 0.25) is 0 Å². The lowest BCUT2D eigenvalue weighted by molar-refractivity contribution is -0.384. The minimum absolute atomic E-state index is 0.00344. The Morgan fingerprint density at radius 1 is 1.06 bits per heavy atom. The fourth-order valence-electron chi connectivity index (χ4n) is 3.74. The molecule has 10 nitrogen and oxygen atoms in total. The van der Waals surface area contributed by atoms with Crippen LogP contribution in [-0.2, 0) is 4.79 Å². The predicted molar refractivity (Wildman–Crippen MR) is 115 cm³/mol. The van der Waals surface area contributed by atoms with Crippen LogP contribution in [0.4, 0.5) is 17.2 Å². The number of anilines is 2. The lowest BCUT2D eigenvalue weighted by Crippen LogP contribution is -2.38. The molecule has 10 heteroatoms. The molecule has 1 aliphatic heterocycles. The highest BCUT2D eigenvalue weighted by Crippen LogP contribution is 2.24. The molecule has 3 heterocycles. The van der Waals surface area contributed by atoms with Gasteiger partial charge in [0.15, 0.2) is 11.6 Å². The van der Waals surface area contributed by atoms with Crippen molar-refractivity contribution in [2.45, 2.75) is 26.7 Å². The van der Waals surface area contributed by atoms with Crippen molar-refractivity contribution in [3.63, 3.8) is 0 Å². The van der Waals surface area contributed by atoms with E-state index >= 15 is 0 Å². The molecule has 0 aliphatic carbocycles. The molecule has 0 unspecified atom stereocenters. The zero-order valence-electron chi connectivity index (χ0n) is 17.4. The van der Waals surface area contributed by atoms with E-state index in [1.54, 1.807) is 16.8 Å². The summed E-state index contributed by atoms with van der Waals surface area (Å²) in [6, 6.07) is 11.7. The molecule has 1 amide bonds. The normalized spacial score (nSPS) is 14.5. The number of non-ortho nitro benzene ring substituents is 1. The third-order valence-electron chi connectivity index (χ3n) is 5.40. The molecule has 4 rings (SSSR count). The molecule has 0 spiro atoms. The average molecular weight is 421 g/mol. The molecule has 0 radical (unpaired) electrons. The Balaban J connectivity index is 1.33. The molecule has 160 valence electrons. The first-order chi connectivity index (χ1) is 14.9. The van der Waals surface area contributed by atoms with Gasteiger partial charge >= 0.3 is 0 Å². The van der Waals surface area contributed by atoms with Gasteiger partial charge in [-0.1, -0.05) is 0 Å². The van der Waals surface area contributed by atoms with E-state index in [1.165, 1.54) is 12.1 Å². The summed E-state index contributed by atoms with van der Waals surface area (Å²) >= 11 is 0. The molecular weight excluding hydrogens is 398 g/mol. The van der Waals surface area contributed by atoms with E-state index in [2.05, 4.69) is 25.5 Å². The highest BCUT2D eigenvalue weighted by Gasteiger charge is 2.26. The third-order valence-corrected chi connectivity index (χ3v) is 5.40. The maximum atomic E-state index is 12.6. The van der Waals surface area contributed by atoms with Crippen LogP contribution in [-0.4, -0.2) is 43.9 Å². The van der Waals surface area contributed by atoms with Gasteiger partial charge in [0.2, 0.25) is 5.91 Å². The Morgan fingerprint density at radius 2 is 1.71 bits per heavy atom. The van der Waals surface area contributed by atoms with Crippen molar-refractivity contribution >= 4 is 23.1 Å². The number of piperidine rings is 1. The SMILES string of the molecule is Cc1cc(C)n(-c2ccc(N3CCC(C(=O)Nc4ccc([N+](=O)[O-])cc4)CC3)nn2)n1. The number of rotatable bonds is 5. The van der Waals surface area contributed by atoms with Gasteiger partial charge in [-0.25, -0.2) is 4.68 Å². The fraction of sp³-hybridized carbons (Fsp3) is 0.333. The maximum absolute atomic E-state index is 12.6. The number of nitrogens with one attached hydrogen (secondary N) is 1. The van der Waals surface area contributed by atoms with Crippen molar-refractivity contribution in [1.29, 1.82) is 0 Å². The van der Waals surface area contributed by atoms with E-state index in [0.717, 1.165) is 17.2 Å². The summed E-state index contributed by atoms with van der Waals surface area (Å²) in [5, 5.41) is 26.7. The Hall–Kier alpha value is -3.82. The summed E-state index contributed by atoms with van der Waals surface area (Å²) in [5.74, 6) is 1.26. The van der Waals surface area contributed by atoms with Crippen LogP contribution < -0.4 is 10.2 Å². The van der Waals surface area contributed by atoms with Gasteiger partial charge in [-0.15, -0.1) is 10.2 Å². The molecule has 1 saturated heterocycles. The Labute approximate surface area is 179 Å². The first kappa shape index (κ1) is 20.5. The average Bonchev–Trinajstić information content (AvgIpc) is 3.12. The smallest absolute Gasteiger partial charge is 0.269 e. The highest BCUT2D eigenvalue weighted by atomic mass is 16.6. The number of nitro benzene ring substituents is 1. The summed E-state index contributed by atoms with van der Waals surface area (Å²) in [4.78, 5) is 25.0. The third kappa shape index (κ3) is 4.52. The van der Waals surface area contributed by atoms with Crippen molar-refractivity contribution in [1.82, 2.24) is 20.0 Å². The molecule has 3 aromatic rings. The second kappa shape index (κ2) is 8.50. The molecule has 0 atom stereocenters. The summed E-state index contributed by atoms with van der Waals surface area (Å²) in [6.45, 7) is 5.31. The van der Waals surface area contributed by atoms with Crippen molar-refractivity contribution in [3.05, 3.63) is 64.0 Å². The number of aryl methyl sites for hydroxylation is 2. The second-order valence-electron chi connectivity index (χ2n) is 7.64. The monoisotopic (exact) mass is 421 g/mol. The maximum Gasteiger partial charge on any atom is 0.269 e. The number of nitrogens with zero attached hydrogens (tertiary/aromatic N) is 6. The summed E-state index contributed by atoms with van der Waals surface area (Å²) in [6.07, 6.45) is 1.39. The van der Waals surface area contributed by atoms with Gasteiger partial charge in [-0.2, -0.15) is 5.10 Å². The Bertz CT molecular complexity index is 1090. The fourth-order valence-corrected chi connectivity index (χ4v) is 3.74. The molecule has 2 aromatic heterocycles. The van der Waals surface area contributed by atoms with Gasteiger partial charge in [0, 0.05) is 42.5 Å². The topological polar surface area (TPSA) is 119 Å².